The molecule has 6 heteroatoms. The van der Waals surface area contributed by atoms with Crippen molar-refractivity contribution in [3.63, 3.8) is 0 Å². The molecule has 116 valence electrons. The van der Waals surface area contributed by atoms with E-state index in [1.807, 2.05) is 19.1 Å². The summed E-state index contributed by atoms with van der Waals surface area (Å²) >= 11 is 0. The number of methoxy groups -OCH3 is 1. The van der Waals surface area contributed by atoms with Gasteiger partial charge in [-0.15, -0.1) is 0 Å². The Kier molecular flexibility index (Phi) is 4.82. The van der Waals surface area contributed by atoms with Crippen molar-refractivity contribution >= 4 is 21.7 Å². The smallest absolute Gasteiger partial charge is 0.337 e. The van der Waals surface area contributed by atoms with Crippen LogP contribution in [0, 0.1) is 0 Å². The zero-order chi connectivity index (χ0) is 16.2. The van der Waals surface area contributed by atoms with Crippen LogP contribution in [0.5, 0.6) is 0 Å². The summed E-state index contributed by atoms with van der Waals surface area (Å²) in [5.74, 6) is -0.507. The average molecular weight is 319 g/mol. The maximum absolute atomic E-state index is 12.3. The molecule has 0 spiro atoms. The van der Waals surface area contributed by atoms with Gasteiger partial charge < -0.3 is 4.74 Å². The number of sulfonamides is 1. The van der Waals surface area contributed by atoms with Crippen LogP contribution in [-0.4, -0.2) is 21.5 Å². The van der Waals surface area contributed by atoms with Crippen LogP contribution in [0.4, 0.5) is 5.69 Å². The van der Waals surface area contributed by atoms with Gasteiger partial charge in [0.05, 0.1) is 17.6 Å². The monoisotopic (exact) mass is 319 g/mol. The van der Waals surface area contributed by atoms with Gasteiger partial charge in [0.15, 0.2) is 0 Å². The highest BCUT2D eigenvalue weighted by molar-refractivity contribution is 7.92. The first-order valence-corrected chi connectivity index (χ1v) is 8.24. The fraction of sp³-hybridized carbons (Fsp3) is 0.188. The van der Waals surface area contributed by atoms with Gasteiger partial charge in [-0.05, 0) is 48.4 Å². The summed E-state index contributed by atoms with van der Waals surface area (Å²) in [6, 6.07) is 12.8. The Morgan fingerprint density at radius 3 is 2.14 bits per heavy atom. The van der Waals surface area contributed by atoms with E-state index in [0.29, 0.717) is 11.3 Å². The van der Waals surface area contributed by atoms with Crippen LogP contribution >= 0.6 is 0 Å². The summed E-state index contributed by atoms with van der Waals surface area (Å²) in [5.41, 5.74) is 1.92. The highest BCUT2D eigenvalue weighted by Gasteiger charge is 2.15. The summed E-state index contributed by atoms with van der Waals surface area (Å²) < 4.78 is 31.6. The van der Waals surface area contributed by atoms with Crippen LogP contribution in [0.3, 0.4) is 0 Å². The van der Waals surface area contributed by atoms with Crippen molar-refractivity contribution in [2.24, 2.45) is 0 Å². The van der Waals surface area contributed by atoms with Crippen molar-refractivity contribution in [2.45, 2.75) is 18.2 Å². The Morgan fingerprint density at radius 2 is 1.64 bits per heavy atom. The van der Waals surface area contributed by atoms with Gasteiger partial charge >= 0.3 is 5.97 Å². The van der Waals surface area contributed by atoms with Gasteiger partial charge in [0.25, 0.3) is 10.0 Å². The maximum Gasteiger partial charge on any atom is 0.337 e. The average Bonchev–Trinajstić information content (AvgIpc) is 2.54. The van der Waals surface area contributed by atoms with Crippen molar-refractivity contribution in [3.8, 4) is 0 Å². The fourth-order valence-electron chi connectivity index (χ4n) is 1.91. The van der Waals surface area contributed by atoms with E-state index in [1.54, 1.807) is 12.1 Å². The molecule has 0 aromatic heterocycles. The standard InChI is InChI=1S/C16H17NO4S/c1-3-12-4-8-14(9-5-12)17-22(19,20)15-10-6-13(7-11-15)16(18)21-2/h4-11,17H,3H2,1-2H3. The van der Waals surface area contributed by atoms with E-state index in [2.05, 4.69) is 9.46 Å². The molecule has 2 rings (SSSR count). The van der Waals surface area contributed by atoms with Gasteiger partial charge in [0.1, 0.15) is 0 Å². The molecular formula is C16H17NO4S. The molecule has 5 nitrogen and oxygen atoms in total. The van der Waals surface area contributed by atoms with Crippen LogP contribution in [0.1, 0.15) is 22.8 Å². The molecule has 2 aromatic carbocycles. The minimum atomic E-state index is -3.68. The molecular weight excluding hydrogens is 302 g/mol. The Balaban J connectivity index is 2.20. The van der Waals surface area contributed by atoms with Crippen molar-refractivity contribution in [1.82, 2.24) is 0 Å². The number of ether oxygens (including phenoxy) is 1. The SMILES string of the molecule is CCc1ccc(NS(=O)(=O)c2ccc(C(=O)OC)cc2)cc1. The molecule has 1 N–H and O–H groups in total. The lowest BCUT2D eigenvalue weighted by Crippen LogP contribution is -2.13. The molecule has 22 heavy (non-hydrogen) atoms. The summed E-state index contributed by atoms with van der Waals surface area (Å²) in [6.07, 6.45) is 0.891. The van der Waals surface area contributed by atoms with Gasteiger partial charge in [0, 0.05) is 5.69 Å². The second kappa shape index (κ2) is 6.62. The Bertz CT molecular complexity index is 750. The third-order valence-electron chi connectivity index (χ3n) is 3.20. The molecule has 0 saturated heterocycles. The first kappa shape index (κ1) is 16.0. The van der Waals surface area contributed by atoms with Gasteiger partial charge in [-0.3, -0.25) is 4.72 Å². The number of hydrogen-bond acceptors (Lipinski definition) is 4. The number of carbonyl (C=O) groups excluding carboxylic acids is 1. The molecule has 0 atom stereocenters. The second-order valence-electron chi connectivity index (χ2n) is 4.67. The zero-order valence-electron chi connectivity index (χ0n) is 12.4. The number of aryl methyl sites for hydroxylation is 1. The van der Waals surface area contributed by atoms with E-state index >= 15 is 0 Å². The number of nitrogens with one attached hydrogen (secondary N) is 1. The summed E-state index contributed by atoms with van der Waals surface area (Å²) in [4.78, 5) is 11.4. The van der Waals surface area contributed by atoms with E-state index in [4.69, 9.17) is 0 Å². The van der Waals surface area contributed by atoms with E-state index in [-0.39, 0.29) is 4.90 Å². The maximum atomic E-state index is 12.3. The summed E-state index contributed by atoms with van der Waals surface area (Å²) in [6.45, 7) is 2.03. The third kappa shape index (κ3) is 3.65. The van der Waals surface area contributed by atoms with Crippen LogP contribution in [-0.2, 0) is 21.2 Å². The normalized spacial score (nSPS) is 11.0. The van der Waals surface area contributed by atoms with Crippen molar-refractivity contribution < 1.29 is 17.9 Å². The molecule has 0 aliphatic heterocycles. The van der Waals surface area contributed by atoms with E-state index in [0.717, 1.165) is 12.0 Å². The van der Waals surface area contributed by atoms with Crippen molar-refractivity contribution in [1.29, 1.82) is 0 Å². The first-order chi connectivity index (χ1) is 10.5. The molecule has 0 radical (unpaired) electrons. The number of esters is 1. The zero-order valence-corrected chi connectivity index (χ0v) is 13.2. The van der Waals surface area contributed by atoms with Crippen molar-refractivity contribution in [2.75, 3.05) is 11.8 Å². The van der Waals surface area contributed by atoms with Crippen LogP contribution in [0.15, 0.2) is 53.4 Å². The highest BCUT2D eigenvalue weighted by atomic mass is 32.2. The van der Waals surface area contributed by atoms with Gasteiger partial charge in [-0.1, -0.05) is 19.1 Å². The lowest BCUT2D eigenvalue weighted by atomic mass is 10.2. The van der Waals surface area contributed by atoms with E-state index in [9.17, 15) is 13.2 Å². The highest BCUT2D eigenvalue weighted by Crippen LogP contribution is 2.17. The molecule has 0 heterocycles. The van der Waals surface area contributed by atoms with Gasteiger partial charge in [-0.2, -0.15) is 0 Å². The summed E-state index contributed by atoms with van der Waals surface area (Å²) in [5, 5.41) is 0. The number of rotatable bonds is 5. The topological polar surface area (TPSA) is 72.5 Å². The lowest BCUT2D eigenvalue weighted by Gasteiger charge is -2.09. The quantitative estimate of drug-likeness (QED) is 0.860. The summed E-state index contributed by atoms with van der Waals surface area (Å²) in [7, 11) is -2.41. The molecule has 0 aliphatic carbocycles. The van der Waals surface area contributed by atoms with Crippen LogP contribution in [0.25, 0.3) is 0 Å². The minimum absolute atomic E-state index is 0.0831. The van der Waals surface area contributed by atoms with Crippen LogP contribution < -0.4 is 4.72 Å². The predicted octanol–water partition coefficient (Wildman–Crippen LogP) is 2.84. The molecule has 0 amide bonds. The lowest BCUT2D eigenvalue weighted by molar-refractivity contribution is 0.0600. The Hall–Kier alpha value is -2.34. The van der Waals surface area contributed by atoms with Gasteiger partial charge in [0.2, 0.25) is 0 Å². The Labute approximate surface area is 130 Å². The van der Waals surface area contributed by atoms with Crippen LogP contribution in [0.2, 0.25) is 0 Å². The first-order valence-electron chi connectivity index (χ1n) is 6.76. The molecule has 2 aromatic rings. The second-order valence-corrected chi connectivity index (χ2v) is 6.35. The van der Waals surface area contributed by atoms with E-state index < -0.39 is 16.0 Å². The Morgan fingerprint density at radius 1 is 1.05 bits per heavy atom. The molecule has 0 bridgehead atoms. The van der Waals surface area contributed by atoms with E-state index in [1.165, 1.54) is 31.4 Å². The number of hydrogen-bond donors (Lipinski definition) is 1. The van der Waals surface area contributed by atoms with Gasteiger partial charge in [-0.25, -0.2) is 13.2 Å². The number of carbonyl (C=O) groups is 1. The minimum Gasteiger partial charge on any atom is -0.465 e. The predicted molar refractivity (Wildman–Crippen MR) is 84.4 cm³/mol. The largest absolute Gasteiger partial charge is 0.465 e. The fourth-order valence-corrected chi connectivity index (χ4v) is 2.97. The number of anilines is 1. The molecule has 0 unspecified atom stereocenters. The van der Waals surface area contributed by atoms with Crippen molar-refractivity contribution in [3.05, 3.63) is 59.7 Å². The molecule has 0 saturated carbocycles. The molecule has 0 aliphatic rings. The molecule has 0 fully saturated rings. The third-order valence-corrected chi connectivity index (χ3v) is 4.60. The number of benzene rings is 2.